The Morgan fingerprint density at radius 2 is 2.54 bits per heavy atom. The molecule has 1 aromatic rings. The fourth-order valence-electron chi connectivity index (χ4n) is 2.20. The van der Waals surface area contributed by atoms with Crippen LogP contribution in [0.5, 0.6) is 0 Å². The van der Waals surface area contributed by atoms with E-state index in [0.29, 0.717) is 13.0 Å². The van der Waals surface area contributed by atoms with Crippen molar-refractivity contribution in [1.82, 2.24) is 0 Å². The van der Waals surface area contributed by atoms with E-state index in [4.69, 9.17) is 10.2 Å². The lowest BCUT2D eigenvalue weighted by molar-refractivity contribution is -0.0102. The minimum absolute atomic E-state index is 0.214. The maximum atomic E-state index is 10.4. The molecule has 0 amide bonds. The van der Waals surface area contributed by atoms with Crippen molar-refractivity contribution >= 4 is 0 Å². The molecule has 0 fully saturated rings. The van der Waals surface area contributed by atoms with Crippen LogP contribution in [0.15, 0.2) is 16.7 Å². The Kier molecular flexibility index (Phi) is 1.93. The first-order valence-electron chi connectivity index (χ1n) is 4.68. The number of aliphatic hydroxyl groups is 1. The molecule has 3 heteroatoms. The molecule has 1 aliphatic carbocycles. The highest BCUT2D eigenvalue weighted by Crippen LogP contribution is 2.43. The van der Waals surface area contributed by atoms with E-state index in [1.807, 2.05) is 13.0 Å². The Hall–Kier alpha value is -0.800. The minimum Gasteiger partial charge on any atom is -0.469 e. The van der Waals surface area contributed by atoms with Crippen molar-refractivity contribution in [3.63, 3.8) is 0 Å². The number of nitrogens with two attached hydrogens (primary N) is 1. The maximum Gasteiger partial charge on any atom is 0.110 e. The summed E-state index contributed by atoms with van der Waals surface area (Å²) in [5.41, 5.74) is 5.67. The molecule has 0 saturated heterocycles. The van der Waals surface area contributed by atoms with Gasteiger partial charge in [-0.1, -0.05) is 6.92 Å². The Morgan fingerprint density at radius 3 is 3.23 bits per heavy atom. The monoisotopic (exact) mass is 181 g/mol. The van der Waals surface area contributed by atoms with Gasteiger partial charge in [0.2, 0.25) is 0 Å². The standard InChI is InChI=1S/C10H15NO2/c1-7-6-9-8(2-5-13-9)10(7,12)3-4-11/h2,5,7,12H,3-4,6,11H2,1H3. The summed E-state index contributed by atoms with van der Waals surface area (Å²) < 4.78 is 5.29. The van der Waals surface area contributed by atoms with Crippen molar-refractivity contribution in [3.05, 3.63) is 23.7 Å². The zero-order chi connectivity index (χ0) is 9.47. The molecular formula is C10H15NO2. The summed E-state index contributed by atoms with van der Waals surface area (Å²) >= 11 is 0. The summed E-state index contributed by atoms with van der Waals surface area (Å²) in [6.07, 6.45) is 3.07. The van der Waals surface area contributed by atoms with E-state index < -0.39 is 5.60 Å². The lowest BCUT2D eigenvalue weighted by atomic mass is 9.86. The average Bonchev–Trinajstić information content (AvgIpc) is 2.59. The lowest BCUT2D eigenvalue weighted by Crippen LogP contribution is -2.32. The van der Waals surface area contributed by atoms with Crippen LogP contribution >= 0.6 is 0 Å². The molecule has 0 spiro atoms. The predicted octanol–water partition coefficient (Wildman–Crippen LogP) is 1.01. The van der Waals surface area contributed by atoms with Gasteiger partial charge in [-0.05, 0) is 24.9 Å². The molecule has 0 aromatic carbocycles. The van der Waals surface area contributed by atoms with Crippen LogP contribution in [0.4, 0.5) is 0 Å². The normalized spacial score (nSPS) is 32.1. The fourth-order valence-corrected chi connectivity index (χ4v) is 2.20. The molecular weight excluding hydrogens is 166 g/mol. The third-order valence-corrected chi connectivity index (χ3v) is 3.04. The summed E-state index contributed by atoms with van der Waals surface area (Å²) in [6.45, 7) is 2.54. The van der Waals surface area contributed by atoms with E-state index in [0.717, 1.165) is 17.7 Å². The van der Waals surface area contributed by atoms with Gasteiger partial charge >= 0.3 is 0 Å². The Bertz CT molecular complexity index is 308. The van der Waals surface area contributed by atoms with E-state index in [-0.39, 0.29) is 5.92 Å². The van der Waals surface area contributed by atoms with E-state index in [1.54, 1.807) is 6.26 Å². The number of fused-ring (bicyclic) bond motifs is 1. The number of rotatable bonds is 2. The number of hydrogen-bond acceptors (Lipinski definition) is 3. The van der Waals surface area contributed by atoms with Crippen molar-refractivity contribution in [1.29, 1.82) is 0 Å². The van der Waals surface area contributed by atoms with Crippen LogP contribution in [-0.2, 0) is 12.0 Å². The second-order valence-electron chi connectivity index (χ2n) is 3.83. The maximum absolute atomic E-state index is 10.4. The molecule has 72 valence electrons. The van der Waals surface area contributed by atoms with Crippen molar-refractivity contribution < 1.29 is 9.52 Å². The molecule has 13 heavy (non-hydrogen) atoms. The zero-order valence-electron chi connectivity index (χ0n) is 7.79. The van der Waals surface area contributed by atoms with Gasteiger partial charge in [-0.15, -0.1) is 0 Å². The first kappa shape index (κ1) is 8.78. The highest BCUT2D eigenvalue weighted by atomic mass is 16.3. The molecule has 2 unspecified atom stereocenters. The van der Waals surface area contributed by atoms with Crippen LogP contribution in [0.25, 0.3) is 0 Å². The molecule has 3 nitrogen and oxygen atoms in total. The molecule has 0 bridgehead atoms. The average molecular weight is 181 g/mol. The Balaban J connectivity index is 2.38. The molecule has 0 saturated carbocycles. The second kappa shape index (κ2) is 2.86. The first-order chi connectivity index (χ1) is 6.18. The third kappa shape index (κ3) is 1.11. The molecule has 0 radical (unpaired) electrons. The summed E-state index contributed by atoms with van der Waals surface area (Å²) in [4.78, 5) is 0. The van der Waals surface area contributed by atoms with Gasteiger partial charge in [0.1, 0.15) is 5.76 Å². The molecule has 0 aliphatic heterocycles. The van der Waals surface area contributed by atoms with Gasteiger partial charge in [0.05, 0.1) is 11.9 Å². The number of furan rings is 1. The zero-order valence-corrected chi connectivity index (χ0v) is 7.79. The van der Waals surface area contributed by atoms with Gasteiger partial charge in [-0.3, -0.25) is 0 Å². The van der Waals surface area contributed by atoms with Crippen molar-refractivity contribution in [3.8, 4) is 0 Å². The molecule has 1 aromatic heterocycles. The van der Waals surface area contributed by atoms with Gasteiger partial charge < -0.3 is 15.3 Å². The summed E-state index contributed by atoms with van der Waals surface area (Å²) in [5.74, 6) is 1.13. The van der Waals surface area contributed by atoms with Gasteiger partial charge in [0.15, 0.2) is 0 Å². The quantitative estimate of drug-likeness (QED) is 0.715. The van der Waals surface area contributed by atoms with Crippen LogP contribution in [-0.4, -0.2) is 11.7 Å². The summed E-state index contributed by atoms with van der Waals surface area (Å²) in [7, 11) is 0. The van der Waals surface area contributed by atoms with Gasteiger partial charge in [-0.2, -0.15) is 0 Å². The summed E-state index contributed by atoms with van der Waals surface area (Å²) in [6, 6.07) is 1.86. The van der Waals surface area contributed by atoms with Crippen LogP contribution in [0.2, 0.25) is 0 Å². The van der Waals surface area contributed by atoms with Gasteiger partial charge in [0, 0.05) is 12.0 Å². The van der Waals surface area contributed by atoms with Crippen LogP contribution in [0, 0.1) is 5.92 Å². The van der Waals surface area contributed by atoms with Crippen molar-refractivity contribution in [2.24, 2.45) is 11.7 Å². The molecule has 2 atom stereocenters. The van der Waals surface area contributed by atoms with Gasteiger partial charge in [0.25, 0.3) is 0 Å². The number of hydrogen-bond donors (Lipinski definition) is 2. The smallest absolute Gasteiger partial charge is 0.110 e. The minimum atomic E-state index is -0.753. The van der Waals surface area contributed by atoms with Crippen LogP contribution in [0.3, 0.4) is 0 Å². The predicted molar refractivity (Wildman–Crippen MR) is 49.1 cm³/mol. The van der Waals surface area contributed by atoms with Crippen LogP contribution < -0.4 is 5.73 Å². The van der Waals surface area contributed by atoms with E-state index in [1.165, 1.54) is 0 Å². The van der Waals surface area contributed by atoms with Crippen molar-refractivity contribution in [2.75, 3.05) is 6.54 Å². The molecule has 2 rings (SSSR count). The van der Waals surface area contributed by atoms with E-state index >= 15 is 0 Å². The molecule has 1 heterocycles. The summed E-state index contributed by atoms with van der Waals surface area (Å²) in [5, 5.41) is 10.4. The fraction of sp³-hybridized carbons (Fsp3) is 0.600. The highest BCUT2D eigenvalue weighted by Gasteiger charge is 2.44. The topological polar surface area (TPSA) is 59.4 Å². The third-order valence-electron chi connectivity index (χ3n) is 3.04. The van der Waals surface area contributed by atoms with Gasteiger partial charge in [-0.25, -0.2) is 0 Å². The second-order valence-corrected chi connectivity index (χ2v) is 3.83. The SMILES string of the molecule is CC1Cc2occc2C1(O)CCN. The van der Waals surface area contributed by atoms with Crippen molar-refractivity contribution in [2.45, 2.75) is 25.4 Å². The van der Waals surface area contributed by atoms with Crippen LogP contribution in [0.1, 0.15) is 24.7 Å². The lowest BCUT2D eigenvalue weighted by Gasteiger charge is -2.27. The Morgan fingerprint density at radius 1 is 1.77 bits per heavy atom. The highest BCUT2D eigenvalue weighted by molar-refractivity contribution is 5.31. The largest absolute Gasteiger partial charge is 0.469 e. The van der Waals surface area contributed by atoms with E-state index in [2.05, 4.69) is 0 Å². The Labute approximate surface area is 77.5 Å². The molecule has 3 N–H and O–H groups in total. The van der Waals surface area contributed by atoms with E-state index in [9.17, 15) is 5.11 Å². The first-order valence-corrected chi connectivity index (χ1v) is 4.68. The molecule has 1 aliphatic rings.